The minimum Gasteiger partial charge on any atom is -0.357 e. The number of nitrogens with one attached hydrogen (secondary N) is 2. The summed E-state index contributed by atoms with van der Waals surface area (Å²) in [6.07, 6.45) is 6.80. The number of hydrogen-bond donors (Lipinski definition) is 2. The van der Waals surface area contributed by atoms with E-state index in [-0.39, 0.29) is 0 Å². The molecule has 4 nitrogen and oxygen atoms in total. The lowest BCUT2D eigenvalue weighted by Crippen LogP contribution is -2.39. The summed E-state index contributed by atoms with van der Waals surface area (Å²) in [6, 6.07) is 0.656. The highest BCUT2D eigenvalue weighted by atomic mass is 15.2. The van der Waals surface area contributed by atoms with E-state index >= 15 is 0 Å². The Labute approximate surface area is 118 Å². The first-order chi connectivity index (χ1) is 9.33. The van der Waals surface area contributed by atoms with Crippen molar-refractivity contribution in [3.63, 3.8) is 0 Å². The van der Waals surface area contributed by atoms with Crippen LogP contribution in [0.15, 0.2) is 4.99 Å². The van der Waals surface area contributed by atoms with Crippen LogP contribution in [0.1, 0.15) is 46.0 Å². The van der Waals surface area contributed by atoms with Crippen molar-refractivity contribution in [2.45, 2.75) is 52.0 Å². The zero-order valence-electron chi connectivity index (χ0n) is 12.6. The van der Waals surface area contributed by atoms with E-state index in [1.807, 2.05) is 0 Å². The SMILES string of the molecule is CCNC(=NCC1CCCN1CC)NCCC1CC1. The summed E-state index contributed by atoms with van der Waals surface area (Å²) in [7, 11) is 0. The fourth-order valence-electron chi connectivity index (χ4n) is 2.86. The highest BCUT2D eigenvalue weighted by Crippen LogP contribution is 2.31. The fraction of sp³-hybridized carbons (Fsp3) is 0.933. The van der Waals surface area contributed by atoms with Crippen molar-refractivity contribution in [1.82, 2.24) is 15.5 Å². The minimum atomic E-state index is 0.656. The summed E-state index contributed by atoms with van der Waals surface area (Å²) in [5.41, 5.74) is 0. The van der Waals surface area contributed by atoms with Crippen LogP contribution in [0.25, 0.3) is 0 Å². The Kier molecular flexibility index (Phi) is 5.95. The van der Waals surface area contributed by atoms with Crippen molar-refractivity contribution >= 4 is 5.96 Å². The third-order valence-corrected chi connectivity index (χ3v) is 4.25. The van der Waals surface area contributed by atoms with Crippen molar-refractivity contribution in [3.05, 3.63) is 0 Å². The van der Waals surface area contributed by atoms with E-state index in [0.717, 1.165) is 38.1 Å². The third-order valence-electron chi connectivity index (χ3n) is 4.25. The molecule has 0 spiro atoms. The summed E-state index contributed by atoms with van der Waals surface area (Å²) in [5.74, 6) is 1.99. The molecular formula is C15H30N4. The zero-order valence-corrected chi connectivity index (χ0v) is 12.6. The second-order valence-electron chi connectivity index (χ2n) is 5.80. The average molecular weight is 266 g/mol. The maximum atomic E-state index is 4.76. The maximum absolute atomic E-state index is 4.76. The lowest BCUT2D eigenvalue weighted by Gasteiger charge is -2.21. The van der Waals surface area contributed by atoms with Crippen LogP contribution >= 0.6 is 0 Å². The van der Waals surface area contributed by atoms with Gasteiger partial charge in [-0.25, -0.2) is 0 Å². The molecule has 0 bridgehead atoms. The third kappa shape index (κ3) is 5.01. The average Bonchev–Trinajstić information content (AvgIpc) is 3.12. The predicted molar refractivity (Wildman–Crippen MR) is 81.6 cm³/mol. The van der Waals surface area contributed by atoms with E-state index in [0.29, 0.717) is 6.04 Å². The lowest BCUT2D eigenvalue weighted by molar-refractivity contribution is 0.273. The Balaban J connectivity index is 1.73. The Morgan fingerprint density at radius 3 is 2.74 bits per heavy atom. The van der Waals surface area contributed by atoms with Gasteiger partial charge in [-0.05, 0) is 45.2 Å². The predicted octanol–water partition coefficient (Wildman–Crippen LogP) is 1.83. The summed E-state index contributed by atoms with van der Waals surface area (Å²) in [4.78, 5) is 7.32. The normalized spacial score (nSPS) is 24.7. The number of aliphatic imine (C=N–C) groups is 1. The second-order valence-corrected chi connectivity index (χ2v) is 5.80. The number of hydrogen-bond acceptors (Lipinski definition) is 2. The van der Waals surface area contributed by atoms with Gasteiger partial charge in [0, 0.05) is 19.1 Å². The molecule has 2 N–H and O–H groups in total. The van der Waals surface area contributed by atoms with Crippen molar-refractivity contribution in [1.29, 1.82) is 0 Å². The molecule has 2 fully saturated rings. The molecule has 0 aromatic heterocycles. The molecule has 0 radical (unpaired) electrons. The van der Waals surface area contributed by atoms with Gasteiger partial charge in [0.2, 0.25) is 0 Å². The fourth-order valence-corrected chi connectivity index (χ4v) is 2.86. The monoisotopic (exact) mass is 266 g/mol. The van der Waals surface area contributed by atoms with Crippen molar-refractivity contribution in [3.8, 4) is 0 Å². The molecule has 1 aliphatic heterocycles. The van der Waals surface area contributed by atoms with Gasteiger partial charge in [-0.1, -0.05) is 19.8 Å². The number of likely N-dealkylation sites (N-methyl/N-ethyl adjacent to an activating group) is 1. The smallest absolute Gasteiger partial charge is 0.191 e. The van der Waals surface area contributed by atoms with Crippen LogP contribution in [-0.2, 0) is 0 Å². The van der Waals surface area contributed by atoms with Gasteiger partial charge in [0.1, 0.15) is 0 Å². The standard InChI is InChI=1S/C15H30N4/c1-3-16-15(17-10-9-13-7-8-13)18-12-14-6-5-11-19(14)4-2/h13-14H,3-12H2,1-2H3,(H2,16,17,18). The van der Waals surface area contributed by atoms with E-state index in [1.165, 1.54) is 38.6 Å². The summed E-state index contributed by atoms with van der Waals surface area (Å²) >= 11 is 0. The first-order valence-corrected chi connectivity index (χ1v) is 8.09. The van der Waals surface area contributed by atoms with Gasteiger partial charge in [-0.2, -0.15) is 0 Å². The topological polar surface area (TPSA) is 39.7 Å². The Bertz CT molecular complexity index is 286. The van der Waals surface area contributed by atoms with E-state index in [2.05, 4.69) is 29.4 Å². The molecule has 0 amide bonds. The van der Waals surface area contributed by atoms with Crippen LogP contribution in [0, 0.1) is 5.92 Å². The number of likely N-dealkylation sites (tertiary alicyclic amines) is 1. The van der Waals surface area contributed by atoms with Crippen LogP contribution in [0.2, 0.25) is 0 Å². The van der Waals surface area contributed by atoms with Crippen LogP contribution in [-0.4, -0.2) is 49.6 Å². The van der Waals surface area contributed by atoms with Crippen molar-refractivity contribution < 1.29 is 0 Å². The van der Waals surface area contributed by atoms with E-state index in [9.17, 15) is 0 Å². The number of rotatable bonds is 7. The zero-order chi connectivity index (χ0) is 13.5. The first-order valence-electron chi connectivity index (χ1n) is 8.09. The Morgan fingerprint density at radius 2 is 2.05 bits per heavy atom. The highest BCUT2D eigenvalue weighted by molar-refractivity contribution is 5.79. The molecule has 0 aromatic carbocycles. The number of nitrogens with zero attached hydrogens (tertiary/aromatic N) is 2. The molecule has 110 valence electrons. The molecule has 1 aliphatic carbocycles. The first kappa shape index (κ1) is 14.6. The maximum Gasteiger partial charge on any atom is 0.191 e. The number of guanidine groups is 1. The van der Waals surface area contributed by atoms with Gasteiger partial charge in [0.05, 0.1) is 6.54 Å². The molecule has 1 saturated heterocycles. The molecule has 0 aromatic rings. The van der Waals surface area contributed by atoms with Gasteiger partial charge >= 0.3 is 0 Å². The van der Waals surface area contributed by atoms with Gasteiger partial charge in [0.15, 0.2) is 5.96 Å². The lowest BCUT2D eigenvalue weighted by atomic mass is 10.2. The summed E-state index contributed by atoms with van der Waals surface area (Å²) in [6.45, 7) is 9.74. The molecule has 19 heavy (non-hydrogen) atoms. The molecule has 2 rings (SSSR count). The van der Waals surface area contributed by atoms with E-state index < -0.39 is 0 Å². The summed E-state index contributed by atoms with van der Waals surface area (Å²) < 4.78 is 0. The van der Waals surface area contributed by atoms with Crippen molar-refractivity contribution in [2.75, 3.05) is 32.7 Å². The molecule has 2 aliphatic rings. The van der Waals surface area contributed by atoms with Gasteiger partial charge in [-0.15, -0.1) is 0 Å². The highest BCUT2D eigenvalue weighted by Gasteiger charge is 2.23. The van der Waals surface area contributed by atoms with E-state index in [1.54, 1.807) is 0 Å². The second kappa shape index (κ2) is 7.73. The molecule has 4 heteroatoms. The summed E-state index contributed by atoms with van der Waals surface area (Å²) in [5, 5.41) is 6.82. The molecule has 1 heterocycles. The molecule has 1 unspecified atom stereocenters. The van der Waals surface area contributed by atoms with Crippen molar-refractivity contribution in [2.24, 2.45) is 10.9 Å². The minimum absolute atomic E-state index is 0.656. The Hall–Kier alpha value is -0.770. The molecule has 1 saturated carbocycles. The van der Waals surface area contributed by atoms with E-state index in [4.69, 9.17) is 4.99 Å². The van der Waals surface area contributed by atoms with Crippen LogP contribution in [0.5, 0.6) is 0 Å². The molecular weight excluding hydrogens is 236 g/mol. The van der Waals surface area contributed by atoms with Crippen LogP contribution in [0.3, 0.4) is 0 Å². The largest absolute Gasteiger partial charge is 0.357 e. The Morgan fingerprint density at radius 1 is 1.21 bits per heavy atom. The van der Waals surface area contributed by atoms with Gasteiger partial charge < -0.3 is 10.6 Å². The van der Waals surface area contributed by atoms with Gasteiger partial charge in [0.25, 0.3) is 0 Å². The van der Waals surface area contributed by atoms with Crippen LogP contribution in [0.4, 0.5) is 0 Å². The van der Waals surface area contributed by atoms with Gasteiger partial charge in [-0.3, -0.25) is 9.89 Å². The van der Waals surface area contributed by atoms with Crippen LogP contribution < -0.4 is 10.6 Å². The quantitative estimate of drug-likeness (QED) is 0.545. The molecule has 1 atom stereocenters.